The molecule has 0 amide bonds. The number of nitro groups is 1. The van der Waals surface area contributed by atoms with Crippen LogP contribution in [0.4, 0.5) is 5.69 Å². The molecule has 2 rings (SSSR count). The van der Waals surface area contributed by atoms with Gasteiger partial charge in [0.25, 0.3) is 5.69 Å². The number of hydrogen-bond donors (Lipinski definition) is 4. The van der Waals surface area contributed by atoms with Crippen molar-refractivity contribution in [3.05, 3.63) is 34.4 Å². The van der Waals surface area contributed by atoms with E-state index in [4.69, 9.17) is 9.84 Å². The zero-order chi connectivity index (χ0) is 15.6. The van der Waals surface area contributed by atoms with Gasteiger partial charge in [-0.2, -0.15) is 0 Å². The summed E-state index contributed by atoms with van der Waals surface area (Å²) in [6.07, 6.45) is -5.16. The fraction of sp³-hybridized carbons (Fsp3) is 0.500. The fourth-order valence-corrected chi connectivity index (χ4v) is 3.01. The molecule has 1 aliphatic heterocycles. The molecule has 0 saturated carbocycles. The second-order valence-corrected chi connectivity index (χ2v) is 5.74. The van der Waals surface area contributed by atoms with Crippen LogP contribution in [0.5, 0.6) is 0 Å². The Morgan fingerprint density at radius 1 is 1.14 bits per heavy atom. The third-order valence-corrected chi connectivity index (χ3v) is 4.31. The van der Waals surface area contributed by atoms with Crippen LogP contribution in [0, 0.1) is 10.1 Å². The number of non-ortho nitro benzene ring substituents is 1. The lowest BCUT2D eigenvalue weighted by molar-refractivity contribution is -0.384. The summed E-state index contributed by atoms with van der Waals surface area (Å²) in [6, 6.07) is 5.60. The van der Waals surface area contributed by atoms with Crippen LogP contribution in [0.15, 0.2) is 29.2 Å². The number of benzene rings is 1. The van der Waals surface area contributed by atoms with E-state index in [9.17, 15) is 25.4 Å². The standard InChI is InChI=1S/C12H15NO7S/c14-5-8-9(15)10(16)11(17)12(20-8)21-7-3-1-6(2-4-7)13(18)19/h1-4,8-12,14-17H,5H2/t8-,9-,10+,11+,12-/m1/s1. The van der Waals surface area contributed by atoms with Gasteiger partial charge < -0.3 is 25.2 Å². The molecule has 5 atom stereocenters. The van der Waals surface area contributed by atoms with Crippen molar-refractivity contribution in [2.75, 3.05) is 6.61 Å². The van der Waals surface area contributed by atoms with Crippen LogP contribution in [0.25, 0.3) is 0 Å². The maximum atomic E-state index is 10.6. The highest BCUT2D eigenvalue weighted by molar-refractivity contribution is 7.99. The molecule has 4 N–H and O–H groups in total. The Labute approximate surface area is 124 Å². The Kier molecular flexibility index (Phi) is 5.14. The molecule has 0 aliphatic carbocycles. The van der Waals surface area contributed by atoms with Crippen molar-refractivity contribution in [3.63, 3.8) is 0 Å². The first-order valence-corrected chi connectivity index (χ1v) is 7.03. The maximum Gasteiger partial charge on any atom is 0.269 e. The molecule has 1 aromatic carbocycles. The highest BCUT2D eigenvalue weighted by Crippen LogP contribution is 2.33. The van der Waals surface area contributed by atoms with Gasteiger partial charge in [-0.25, -0.2) is 0 Å². The highest BCUT2D eigenvalue weighted by atomic mass is 32.2. The fourth-order valence-electron chi connectivity index (χ4n) is 1.95. The molecule has 1 aliphatic rings. The third-order valence-electron chi connectivity index (χ3n) is 3.15. The Morgan fingerprint density at radius 3 is 2.29 bits per heavy atom. The Hall–Kier alpha value is -1.23. The monoisotopic (exact) mass is 317 g/mol. The molecule has 1 heterocycles. The highest BCUT2D eigenvalue weighted by Gasteiger charge is 2.43. The van der Waals surface area contributed by atoms with Crippen LogP contribution in [0.3, 0.4) is 0 Å². The molecular weight excluding hydrogens is 302 g/mol. The van der Waals surface area contributed by atoms with Gasteiger partial charge in [-0.05, 0) is 12.1 Å². The lowest BCUT2D eigenvalue weighted by Gasteiger charge is -2.39. The summed E-state index contributed by atoms with van der Waals surface area (Å²) in [5.41, 5.74) is -0.963. The van der Waals surface area contributed by atoms with Crippen LogP contribution >= 0.6 is 11.8 Å². The number of hydrogen-bond acceptors (Lipinski definition) is 8. The number of aliphatic hydroxyl groups excluding tert-OH is 4. The minimum atomic E-state index is -1.44. The van der Waals surface area contributed by atoms with Crippen LogP contribution in [0.2, 0.25) is 0 Å². The van der Waals surface area contributed by atoms with Crippen molar-refractivity contribution >= 4 is 17.4 Å². The molecule has 0 aromatic heterocycles. The van der Waals surface area contributed by atoms with E-state index in [0.717, 1.165) is 11.8 Å². The predicted molar refractivity (Wildman–Crippen MR) is 72.7 cm³/mol. The van der Waals surface area contributed by atoms with Crippen LogP contribution in [-0.2, 0) is 4.74 Å². The van der Waals surface area contributed by atoms with E-state index in [1.165, 1.54) is 24.3 Å². The van der Waals surface area contributed by atoms with Gasteiger partial charge in [-0.3, -0.25) is 10.1 Å². The summed E-state index contributed by atoms with van der Waals surface area (Å²) in [5, 5.41) is 48.9. The average Bonchev–Trinajstić information content (AvgIpc) is 2.48. The molecule has 1 saturated heterocycles. The summed E-state index contributed by atoms with van der Waals surface area (Å²) < 4.78 is 5.33. The maximum absolute atomic E-state index is 10.6. The smallest absolute Gasteiger partial charge is 0.269 e. The minimum Gasteiger partial charge on any atom is -0.394 e. The summed E-state index contributed by atoms with van der Waals surface area (Å²) in [4.78, 5) is 10.6. The average molecular weight is 317 g/mol. The lowest BCUT2D eigenvalue weighted by atomic mass is 10.0. The summed E-state index contributed by atoms with van der Waals surface area (Å²) >= 11 is 1.04. The zero-order valence-electron chi connectivity index (χ0n) is 10.8. The van der Waals surface area contributed by atoms with Crippen molar-refractivity contribution in [2.24, 2.45) is 0 Å². The first-order chi connectivity index (χ1) is 9.93. The molecule has 0 radical (unpaired) electrons. The van der Waals surface area contributed by atoms with Crippen LogP contribution in [0.1, 0.15) is 0 Å². The van der Waals surface area contributed by atoms with Crippen molar-refractivity contribution in [1.82, 2.24) is 0 Å². The normalized spacial score (nSPS) is 32.9. The largest absolute Gasteiger partial charge is 0.394 e. The second kappa shape index (κ2) is 6.69. The Morgan fingerprint density at radius 2 is 1.76 bits per heavy atom. The van der Waals surface area contributed by atoms with E-state index in [0.29, 0.717) is 4.90 Å². The molecule has 21 heavy (non-hydrogen) atoms. The minimum absolute atomic E-state index is 0.0619. The van der Waals surface area contributed by atoms with Crippen LogP contribution in [-0.4, -0.2) is 61.8 Å². The molecule has 0 unspecified atom stereocenters. The number of rotatable bonds is 4. The number of thioether (sulfide) groups is 1. The molecule has 1 fully saturated rings. The van der Waals surface area contributed by atoms with Gasteiger partial charge in [0, 0.05) is 17.0 Å². The van der Waals surface area contributed by atoms with Crippen molar-refractivity contribution in [2.45, 2.75) is 34.7 Å². The molecular formula is C12H15NO7S. The van der Waals surface area contributed by atoms with Gasteiger partial charge in [0.1, 0.15) is 29.9 Å². The van der Waals surface area contributed by atoms with Crippen molar-refractivity contribution < 1.29 is 30.1 Å². The molecule has 0 bridgehead atoms. The summed E-state index contributed by atoms with van der Waals surface area (Å²) in [7, 11) is 0. The van der Waals surface area contributed by atoms with E-state index in [2.05, 4.69) is 0 Å². The van der Waals surface area contributed by atoms with Gasteiger partial charge in [0.05, 0.1) is 11.5 Å². The quantitative estimate of drug-likeness (QED) is 0.431. The number of aliphatic hydroxyl groups is 4. The van der Waals surface area contributed by atoms with Crippen molar-refractivity contribution in [3.8, 4) is 0 Å². The molecule has 9 heteroatoms. The van der Waals surface area contributed by atoms with Crippen LogP contribution < -0.4 is 0 Å². The van der Waals surface area contributed by atoms with Gasteiger partial charge in [0.2, 0.25) is 0 Å². The Bertz CT molecular complexity index is 495. The van der Waals surface area contributed by atoms with E-state index >= 15 is 0 Å². The van der Waals surface area contributed by atoms with Crippen molar-refractivity contribution in [1.29, 1.82) is 0 Å². The lowest BCUT2D eigenvalue weighted by Crippen LogP contribution is -2.57. The second-order valence-electron chi connectivity index (χ2n) is 4.57. The van der Waals surface area contributed by atoms with Gasteiger partial charge in [-0.15, -0.1) is 0 Å². The molecule has 0 spiro atoms. The summed E-state index contributed by atoms with van der Waals surface area (Å²) in [6.45, 7) is -0.498. The Balaban J connectivity index is 2.08. The number of nitrogens with zero attached hydrogens (tertiary/aromatic N) is 1. The van der Waals surface area contributed by atoms with E-state index in [-0.39, 0.29) is 5.69 Å². The molecule has 8 nitrogen and oxygen atoms in total. The first kappa shape index (κ1) is 16.1. The topological polar surface area (TPSA) is 133 Å². The third kappa shape index (κ3) is 3.51. The van der Waals surface area contributed by atoms with E-state index < -0.39 is 41.4 Å². The van der Waals surface area contributed by atoms with E-state index in [1.807, 2.05) is 0 Å². The number of nitro benzene ring substituents is 1. The van der Waals surface area contributed by atoms with Gasteiger partial charge in [0.15, 0.2) is 0 Å². The van der Waals surface area contributed by atoms with E-state index in [1.54, 1.807) is 0 Å². The first-order valence-electron chi connectivity index (χ1n) is 6.15. The number of ether oxygens (including phenoxy) is 1. The van der Waals surface area contributed by atoms with Gasteiger partial charge in [-0.1, -0.05) is 11.8 Å². The molecule has 1 aromatic rings. The SMILES string of the molecule is O=[N+]([O-])c1ccc(S[C@H]2O[C@H](CO)[C@@H](O)[C@H](O)[C@@H]2O)cc1. The van der Waals surface area contributed by atoms with Gasteiger partial charge >= 0.3 is 0 Å². The zero-order valence-corrected chi connectivity index (χ0v) is 11.6. The predicted octanol–water partition coefficient (Wildman–Crippen LogP) is -0.513. The molecule has 116 valence electrons. The summed E-state index contributed by atoms with van der Waals surface area (Å²) in [5.74, 6) is 0.